The molecule has 1 heteroatoms. The van der Waals surface area contributed by atoms with Crippen LogP contribution in [-0.2, 0) is 4.79 Å². The Morgan fingerprint density at radius 3 is 2.67 bits per heavy atom. The molecule has 114 valence electrons. The Bertz CT molecular complexity index is 955. The van der Waals surface area contributed by atoms with Gasteiger partial charge in [0.15, 0.2) is 5.78 Å². The lowest BCUT2D eigenvalue weighted by Gasteiger charge is -2.02. The summed E-state index contributed by atoms with van der Waals surface area (Å²) in [4.78, 5) is 12.4. The zero-order chi connectivity index (χ0) is 16.8. The summed E-state index contributed by atoms with van der Waals surface area (Å²) in [5.74, 6) is 12.0. The third-order valence-electron chi connectivity index (χ3n) is 3.77. The molecule has 0 unspecified atom stereocenters. The lowest BCUT2D eigenvalue weighted by Crippen LogP contribution is -1.96. The smallest absolute Gasteiger partial charge is 0.181 e. The van der Waals surface area contributed by atoms with Crippen LogP contribution in [0.5, 0.6) is 0 Å². The molecule has 0 aliphatic heterocycles. The van der Waals surface area contributed by atoms with Crippen LogP contribution in [0.1, 0.15) is 24.5 Å². The van der Waals surface area contributed by atoms with Gasteiger partial charge in [-0.05, 0) is 53.7 Å². The summed E-state index contributed by atoms with van der Waals surface area (Å²) in [7, 11) is 0. The molecule has 24 heavy (non-hydrogen) atoms. The molecule has 0 heterocycles. The first-order valence-corrected chi connectivity index (χ1v) is 7.80. The lowest BCUT2D eigenvalue weighted by atomic mass is 10.0. The van der Waals surface area contributed by atoms with Gasteiger partial charge in [0.05, 0.1) is 0 Å². The normalized spacial score (nSPS) is 19.5. The Morgan fingerprint density at radius 1 is 0.958 bits per heavy atom. The van der Waals surface area contributed by atoms with Crippen molar-refractivity contribution in [1.82, 2.24) is 0 Å². The van der Waals surface area contributed by atoms with E-state index in [2.05, 4.69) is 23.7 Å². The summed E-state index contributed by atoms with van der Waals surface area (Å²) in [6.45, 7) is 1.83. The predicted octanol–water partition coefficient (Wildman–Crippen LogP) is 4.40. The van der Waals surface area contributed by atoms with Crippen molar-refractivity contribution >= 4 is 11.9 Å². The summed E-state index contributed by atoms with van der Waals surface area (Å²) in [5, 5.41) is 0. The monoisotopic (exact) mass is 308 g/mol. The van der Waals surface area contributed by atoms with E-state index >= 15 is 0 Å². The average molecular weight is 308 g/mol. The predicted molar refractivity (Wildman–Crippen MR) is 98.8 cm³/mol. The van der Waals surface area contributed by atoms with Crippen molar-refractivity contribution in [2.45, 2.75) is 13.3 Å². The maximum atomic E-state index is 12.4. The fraction of sp³-hybridized carbons (Fsp3) is 0.0870. The summed E-state index contributed by atoms with van der Waals surface area (Å²) in [6.07, 6.45) is 14.0. The number of carbonyl (C=O) groups is 1. The van der Waals surface area contributed by atoms with Gasteiger partial charge in [0.2, 0.25) is 0 Å². The fourth-order valence-corrected chi connectivity index (χ4v) is 2.45. The van der Waals surface area contributed by atoms with Crippen LogP contribution in [-0.4, -0.2) is 5.78 Å². The Balaban J connectivity index is 2.11. The van der Waals surface area contributed by atoms with E-state index in [0.717, 1.165) is 22.3 Å². The molecule has 0 saturated carbocycles. The quantitative estimate of drug-likeness (QED) is 0.649. The van der Waals surface area contributed by atoms with Crippen LogP contribution >= 0.6 is 0 Å². The number of allylic oxidation sites excluding steroid dienone is 9. The van der Waals surface area contributed by atoms with Crippen LogP contribution in [0.3, 0.4) is 0 Å². The fourth-order valence-electron chi connectivity index (χ4n) is 2.45. The molecule has 2 aliphatic carbocycles. The molecule has 2 bridgehead atoms. The SMILES string of the molecule is C/C1=C\c2ccccc2C#CC#CC2=CC=CC=C(/C=C/C1=O)C2. The highest BCUT2D eigenvalue weighted by Crippen LogP contribution is 2.17. The van der Waals surface area contributed by atoms with E-state index in [1.54, 1.807) is 6.08 Å². The highest BCUT2D eigenvalue weighted by molar-refractivity contribution is 6.07. The zero-order valence-corrected chi connectivity index (χ0v) is 13.5. The van der Waals surface area contributed by atoms with Gasteiger partial charge in [0.25, 0.3) is 0 Å². The molecule has 1 aromatic carbocycles. The average Bonchev–Trinajstić information content (AvgIpc) is 2.82. The van der Waals surface area contributed by atoms with Crippen molar-refractivity contribution in [3.8, 4) is 23.7 Å². The molecule has 0 radical (unpaired) electrons. The standard InChI is InChI=1S/C23H16O/c1-18-16-22-13-7-6-12-21(22)11-5-4-9-19-8-2-3-10-20(17-19)14-15-23(18)24/h2-3,6-8,10,12-16H,17H2,1H3/b15-14+,18-16+. The third-order valence-corrected chi connectivity index (χ3v) is 3.77. The second-order valence-corrected chi connectivity index (χ2v) is 5.61. The van der Waals surface area contributed by atoms with E-state index in [-0.39, 0.29) is 5.78 Å². The van der Waals surface area contributed by atoms with Gasteiger partial charge >= 0.3 is 0 Å². The van der Waals surface area contributed by atoms with Gasteiger partial charge in [0, 0.05) is 17.6 Å². The molecule has 0 amide bonds. The Labute approximate surface area is 142 Å². The molecule has 3 rings (SSSR count). The van der Waals surface area contributed by atoms with Gasteiger partial charge in [-0.1, -0.05) is 60.4 Å². The van der Waals surface area contributed by atoms with Crippen molar-refractivity contribution in [2.75, 3.05) is 0 Å². The largest absolute Gasteiger partial charge is 0.290 e. The summed E-state index contributed by atoms with van der Waals surface area (Å²) in [5.41, 5.74) is 4.52. The Kier molecular flexibility index (Phi) is 4.76. The molecule has 0 fully saturated rings. The number of benzene rings is 1. The molecule has 0 spiro atoms. The molecule has 0 N–H and O–H groups in total. The van der Waals surface area contributed by atoms with Gasteiger partial charge < -0.3 is 0 Å². The van der Waals surface area contributed by atoms with Crippen molar-refractivity contribution in [1.29, 1.82) is 0 Å². The Hall–Kier alpha value is -3.29. The van der Waals surface area contributed by atoms with E-state index in [9.17, 15) is 4.79 Å². The van der Waals surface area contributed by atoms with Gasteiger partial charge in [-0.25, -0.2) is 0 Å². The van der Waals surface area contributed by atoms with E-state index in [4.69, 9.17) is 0 Å². The van der Waals surface area contributed by atoms with E-state index in [1.807, 2.05) is 67.6 Å². The van der Waals surface area contributed by atoms with E-state index in [0.29, 0.717) is 12.0 Å². The van der Waals surface area contributed by atoms with Crippen molar-refractivity contribution in [3.05, 3.63) is 88.6 Å². The Morgan fingerprint density at radius 2 is 1.75 bits per heavy atom. The van der Waals surface area contributed by atoms with Crippen LogP contribution < -0.4 is 0 Å². The molecule has 2 aliphatic rings. The second kappa shape index (κ2) is 7.32. The number of fused-ring (bicyclic) bond motifs is 3. The zero-order valence-electron chi connectivity index (χ0n) is 13.5. The topological polar surface area (TPSA) is 17.1 Å². The maximum absolute atomic E-state index is 12.4. The minimum absolute atomic E-state index is 0.000520. The maximum Gasteiger partial charge on any atom is 0.181 e. The third kappa shape index (κ3) is 3.92. The van der Waals surface area contributed by atoms with Crippen LogP contribution in [0, 0.1) is 23.7 Å². The van der Waals surface area contributed by atoms with Gasteiger partial charge in [0.1, 0.15) is 0 Å². The summed E-state index contributed by atoms with van der Waals surface area (Å²) < 4.78 is 0. The van der Waals surface area contributed by atoms with Crippen molar-refractivity contribution in [3.63, 3.8) is 0 Å². The number of carbonyl (C=O) groups excluding carboxylic acids is 1. The first-order chi connectivity index (χ1) is 11.7. The molecule has 0 saturated heterocycles. The van der Waals surface area contributed by atoms with Crippen molar-refractivity contribution < 1.29 is 4.79 Å². The molecule has 1 aromatic rings. The lowest BCUT2D eigenvalue weighted by molar-refractivity contribution is -0.111. The summed E-state index contributed by atoms with van der Waals surface area (Å²) in [6, 6.07) is 7.77. The number of hydrogen-bond donors (Lipinski definition) is 0. The van der Waals surface area contributed by atoms with Crippen LogP contribution in [0.2, 0.25) is 0 Å². The first-order valence-electron chi connectivity index (χ1n) is 7.80. The highest BCUT2D eigenvalue weighted by atomic mass is 16.1. The first kappa shape index (κ1) is 15.6. The molecule has 1 nitrogen and oxygen atoms in total. The highest BCUT2D eigenvalue weighted by Gasteiger charge is 2.05. The minimum Gasteiger partial charge on any atom is -0.290 e. The molecular weight excluding hydrogens is 292 g/mol. The number of hydrogen-bond acceptors (Lipinski definition) is 1. The molecule has 0 atom stereocenters. The van der Waals surface area contributed by atoms with E-state index in [1.165, 1.54) is 0 Å². The number of rotatable bonds is 0. The van der Waals surface area contributed by atoms with Gasteiger partial charge in [-0.2, -0.15) is 0 Å². The van der Waals surface area contributed by atoms with Crippen LogP contribution in [0.25, 0.3) is 6.08 Å². The van der Waals surface area contributed by atoms with Gasteiger partial charge in [-0.15, -0.1) is 0 Å². The van der Waals surface area contributed by atoms with Crippen LogP contribution in [0.4, 0.5) is 0 Å². The van der Waals surface area contributed by atoms with Crippen LogP contribution in [0.15, 0.2) is 77.4 Å². The minimum atomic E-state index is 0.000520. The van der Waals surface area contributed by atoms with Gasteiger partial charge in [-0.3, -0.25) is 4.79 Å². The second-order valence-electron chi connectivity index (χ2n) is 5.61. The number of ketones is 1. The van der Waals surface area contributed by atoms with Crippen molar-refractivity contribution in [2.24, 2.45) is 0 Å². The molecular formula is C23H16O. The summed E-state index contributed by atoms with van der Waals surface area (Å²) >= 11 is 0. The molecule has 0 aromatic heterocycles. The van der Waals surface area contributed by atoms with E-state index < -0.39 is 0 Å².